The average molecular weight is 1350 g/mol. The number of allylic oxidation sites excluding steroid dienone is 15. The van der Waals surface area contributed by atoms with Crippen molar-refractivity contribution >= 4 is 13.7 Å². The summed E-state index contributed by atoms with van der Waals surface area (Å²) in [4.78, 5) is 23.5. The first kappa shape index (κ1) is 92.4. The van der Waals surface area contributed by atoms with Gasteiger partial charge in [0.05, 0.1) is 39.9 Å². The predicted molar refractivity (Wildman–Crippen MR) is 419 cm³/mol. The summed E-state index contributed by atoms with van der Waals surface area (Å²) in [5.74, 6) is -0.172. The molecule has 1 amide bonds. The third-order valence-electron chi connectivity index (χ3n) is 18.6. The summed E-state index contributed by atoms with van der Waals surface area (Å²) in [5, 5.41) is 14.1. The number of likely N-dealkylation sites (N-methyl/N-ethyl adjacent to an activating group) is 1. The molecule has 0 rings (SSSR count). The van der Waals surface area contributed by atoms with E-state index < -0.39 is 20.0 Å². The van der Waals surface area contributed by atoms with Crippen LogP contribution in [-0.2, 0) is 18.4 Å². The topological polar surface area (TPSA) is 105 Å². The zero-order valence-corrected chi connectivity index (χ0v) is 64.5. The molecule has 0 aliphatic carbocycles. The Bertz CT molecular complexity index is 1880. The Morgan fingerprint density at radius 1 is 0.368 bits per heavy atom. The highest BCUT2D eigenvalue weighted by atomic mass is 31.2. The number of unbranched alkanes of at least 4 members (excludes halogenated alkanes) is 49. The Morgan fingerprint density at radius 2 is 0.632 bits per heavy atom. The van der Waals surface area contributed by atoms with Crippen molar-refractivity contribution in [3.8, 4) is 0 Å². The van der Waals surface area contributed by atoms with Gasteiger partial charge in [0.1, 0.15) is 13.2 Å². The van der Waals surface area contributed by atoms with Crippen LogP contribution in [-0.4, -0.2) is 73.4 Å². The maximum atomic E-state index is 13.1. The molecule has 0 heterocycles. The number of hydrogen-bond acceptors (Lipinski definition) is 5. The molecule has 0 fully saturated rings. The van der Waals surface area contributed by atoms with E-state index in [1.165, 1.54) is 289 Å². The number of rotatable bonds is 76. The van der Waals surface area contributed by atoms with Gasteiger partial charge in [-0.05, 0) is 77.0 Å². The summed E-state index contributed by atoms with van der Waals surface area (Å²) >= 11 is 0. The molecular weight excluding hydrogens is 1190 g/mol. The molecule has 0 aromatic heterocycles. The van der Waals surface area contributed by atoms with E-state index in [0.29, 0.717) is 17.4 Å². The molecule has 95 heavy (non-hydrogen) atoms. The van der Waals surface area contributed by atoms with E-state index >= 15 is 0 Å². The Morgan fingerprint density at radius 3 is 0.926 bits per heavy atom. The number of carbonyl (C=O) groups excluding carboxylic acids is 1. The fraction of sp³-hybridized carbons (Fsp3) is 0.802. The van der Waals surface area contributed by atoms with Gasteiger partial charge < -0.3 is 19.8 Å². The van der Waals surface area contributed by atoms with Gasteiger partial charge in [0, 0.05) is 6.42 Å². The molecule has 3 N–H and O–H groups in total. The number of hydrogen-bond donors (Lipinski definition) is 3. The van der Waals surface area contributed by atoms with Gasteiger partial charge in [0.2, 0.25) is 5.91 Å². The Kier molecular flexibility index (Phi) is 73.6. The molecule has 8 nitrogen and oxygen atoms in total. The van der Waals surface area contributed by atoms with E-state index in [0.717, 1.165) is 83.5 Å². The third kappa shape index (κ3) is 78.6. The van der Waals surface area contributed by atoms with E-state index in [1.54, 1.807) is 6.08 Å². The summed E-state index contributed by atoms with van der Waals surface area (Å²) in [7, 11) is 1.58. The first-order valence-corrected chi connectivity index (χ1v) is 42.6. The van der Waals surface area contributed by atoms with Crippen molar-refractivity contribution in [1.82, 2.24) is 5.32 Å². The molecular formula is C86H160N2O6P+. The molecule has 554 valence electrons. The van der Waals surface area contributed by atoms with Crippen molar-refractivity contribution < 1.29 is 32.9 Å². The number of nitrogens with zero attached hydrogens (tertiary/aromatic N) is 1. The number of carbonyl (C=O) groups is 1. The van der Waals surface area contributed by atoms with E-state index in [4.69, 9.17) is 9.05 Å². The molecule has 0 saturated heterocycles. The van der Waals surface area contributed by atoms with Crippen LogP contribution in [0.1, 0.15) is 393 Å². The zero-order chi connectivity index (χ0) is 69.0. The van der Waals surface area contributed by atoms with E-state index in [2.05, 4.69) is 104 Å². The Hall–Kier alpha value is -2.58. The van der Waals surface area contributed by atoms with E-state index in [-0.39, 0.29) is 19.1 Å². The van der Waals surface area contributed by atoms with Crippen molar-refractivity contribution in [1.29, 1.82) is 0 Å². The summed E-state index contributed by atoms with van der Waals surface area (Å²) in [6, 6.07) is -0.852. The van der Waals surface area contributed by atoms with Crippen LogP contribution < -0.4 is 5.32 Å². The minimum Gasteiger partial charge on any atom is -0.387 e. The monoisotopic (exact) mass is 1350 g/mol. The van der Waals surface area contributed by atoms with Crippen LogP contribution >= 0.6 is 7.82 Å². The molecule has 0 bridgehead atoms. The normalized spacial score (nSPS) is 14.0. The molecule has 9 heteroatoms. The fourth-order valence-corrected chi connectivity index (χ4v) is 13.0. The second-order valence-electron chi connectivity index (χ2n) is 29.1. The highest BCUT2D eigenvalue weighted by molar-refractivity contribution is 7.47. The minimum absolute atomic E-state index is 0.0609. The van der Waals surface area contributed by atoms with Crippen LogP contribution in [0.5, 0.6) is 0 Å². The lowest BCUT2D eigenvalue weighted by molar-refractivity contribution is -0.870. The van der Waals surface area contributed by atoms with Gasteiger partial charge in [0.25, 0.3) is 0 Å². The molecule has 0 aliphatic heterocycles. The van der Waals surface area contributed by atoms with Gasteiger partial charge in [-0.3, -0.25) is 13.8 Å². The molecule has 3 unspecified atom stereocenters. The van der Waals surface area contributed by atoms with Gasteiger partial charge in [-0.25, -0.2) is 4.57 Å². The van der Waals surface area contributed by atoms with E-state index in [1.807, 2.05) is 27.2 Å². The molecule has 0 spiro atoms. The average Bonchev–Trinajstić information content (AvgIpc) is 2.01. The van der Waals surface area contributed by atoms with E-state index in [9.17, 15) is 19.4 Å². The standard InChI is InChI=1S/C86H159N2O6P/c1-6-8-10-12-14-16-18-20-22-24-26-28-30-32-34-36-38-40-41-42-43-44-45-46-47-48-50-52-54-56-58-60-62-64-66-68-70-72-74-76-78-80-86(90)87-84(83-94-95(91,92)93-82-81-88(3,4)5)85(89)79-77-75-73-71-69-67-65-63-61-59-57-55-53-51-49-39-37-35-33-31-29-27-25-23-21-19-17-15-13-11-9-7-2/h8,10,14,16,20,22,26,28,32,34,38,40,42-43,77,79,84-85,89H,6-7,9,11-13,15,17-19,21,23-25,27,29-31,33,35-37,39,41,44-76,78,80-83H2,1-5H3,(H-,87,90,91,92)/p+1/b10-8-,16-14-,22-20-,28-26-,34-32-,40-38-,43-42-,79-77+. The molecule has 0 aliphatic rings. The number of amides is 1. The molecule has 0 aromatic rings. The summed E-state index contributed by atoms with van der Waals surface area (Å²) < 4.78 is 23.9. The van der Waals surface area contributed by atoms with Crippen molar-refractivity contribution in [2.45, 2.75) is 405 Å². The lowest BCUT2D eigenvalue weighted by atomic mass is 10.0. The lowest BCUT2D eigenvalue weighted by Crippen LogP contribution is -2.45. The first-order valence-electron chi connectivity index (χ1n) is 41.1. The van der Waals surface area contributed by atoms with Crippen molar-refractivity contribution in [2.24, 2.45) is 0 Å². The van der Waals surface area contributed by atoms with Crippen LogP contribution in [0.2, 0.25) is 0 Å². The third-order valence-corrected chi connectivity index (χ3v) is 19.5. The minimum atomic E-state index is -4.36. The van der Waals surface area contributed by atoms with Crippen LogP contribution in [0.25, 0.3) is 0 Å². The van der Waals surface area contributed by atoms with Crippen LogP contribution in [0.3, 0.4) is 0 Å². The van der Waals surface area contributed by atoms with Gasteiger partial charge in [-0.15, -0.1) is 0 Å². The Balaban J connectivity index is 3.96. The Labute approximate surface area is 591 Å². The highest BCUT2D eigenvalue weighted by Crippen LogP contribution is 2.43. The van der Waals surface area contributed by atoms with Gasteiger partial charge >= 0.3 is 7.82 Å². The maximum absolute atomic E-state index is 13.1. The van der Waals surface area contributed by atoms with Gasteiger partial charge in [-0.2, -0.15) is 0 Å². The second kappa shape index (κ2) is 75.6. The zero-order valence-electron chi connectivity index (χ0n) is 63.7. The molecule has 0 aromatic carbocycles. The van der Waals surface area contributed by atoms with Gasteiger partial charge in [0.15, 0.2) is 0 Å². The van der Waals surface area contributed by atoms with Crippen molar-refractivity contribution in [2.75, 3.05) is 40.9 Å². The maximum Gasteiger partial charge on any atom is 0.472 e. The lowest BCUT2D eigenvalue weighted by Gasteiger charge is -2.25. The van der Waals surface area contributed by atoms with Crippen molar-refractivity contribution in [3.05, 3.63) is 97.2 Å². The summed E-state index contributed by atoms with van der Waals surface area (Å²) in [5.41, 5.74) is 0. The number of nitrogens with one attached hydrogen (secondary N) is 1. The highest BCUT2D eigenvalue weighted by Gasteiger charge is 2.28. The first-order chi connectivity index (χ1) is 46.5. The number of aliphatic hydroxyl groups excluding tert-OH is 1. The van der Waals surface area contributed by atoms with Crippen LogP contribution in [0.15, 0.2) is 97.2 Å². The second-order valence-corrected chi connectivity index (χ2v) is 30.6. The molecule has 0 saturated carbocycles. The number of quaternary nitrogens is 1. The number of aliphatic hydroxyl groups is 1. The quantitative estimate of drug-likeness (QED) is 0.0243. The largest absolute Gasteiger partial charge is 0.472 e. The molecule has 0 radical (unpaired) electrons. The molecule has 3 atom stereocenters. The van der Waals surface area contributed by atoms with Gasteiger partial charge in [-0.1, -0.05) is 406 Å². The SMILES string of the molecule is CC/C=C\C/C=C\C/C=C\C/C=C\C/C=C\C/C=C\C/C=C\CCCCCCCCCCCCCCCCCCCCCC(=O)NC(COP(=O)(O)OCC[N+](C)(C)C)C(O)/C=C/CCCCCCCCCCCCCCCCCCCCCCCCCCCCCCCC. The number of phosphoric acid groups is 1. The predicted octanol–water partition coefficient (Wildman–Crippen LogP) is 27.2. The summed E-state index contributed by atoms with van der Waals surface area (Å²) in [6.07, 6.45) is 110. The van der Waals surface area contributed by atoms with Crippen LogP contribution in [0.4, 0.5) is 0 Å². The van der Waals surface area contributed by atoms with Crippen LogP contribution in [0, 0.1) is 0 Å². The van der Waals surface area contributed by atoms with Crippen molar-refractivity contribution in [3.63, 3.8) is 0 Å². The fourth-order valence-electron chi connectivity index (χ4n) is 12.3. The number of phosphoric ester groups is 1. The smallest absolute Gasteiger partial charge is 0.387 e. The summed E-state index contributed by atoms with van der Waals surface area (Å²) in [6.45, 7) is 4.75.